The average Bonchev–Trinajstić information content (AvgIpc) is 2.64. The molecule has 0 saturated heterocycles. The lowest BCUT2D eigenvalue weighted by Gasteiger charge is -2.20. The van der Waals surface area contributed by atoms with E-state index in [0.29, 0.717) is 10.8 Å². The van der Waals surface area contributed by atoms with Crippen molar-refractivity contribution in [3.8, 4) is 5.75 Å². The van der Waals surface area contributed by atoms with Crippen molar-refractivity contribution in [2.45, 2.75) is 27.3 Å². The predicted octanol–water partition coefficient (Wildman–Crippen LogP) is 5.91. The van der Waals surface area contributed by atoms with Crippen molar-refractivity contribution in [1.29, 1.82) is 0 Å². The van der Waals surface area contributed by atoms with Crippen molar-refractivity contribution in [3.05, 3.63) is 58.7 Å². The zero-order chi connectivity index (χ0) is 18.7. The highest BCUT2D eigenvalue weighted by Gasteiger charge is 2.10. The Morgan fingerprint density at radius 3 is 2.56 bits per heavy atom. The van der Waals surface area contributed by atoms with E-state index >= 15 is 0 Å². The Labute approximate surface area is 171 Å². The van der Waals surface area contributed by atoms with E-state index in [4.69, 9.17) is 11.6 Å². The normalized spacial score (nSPS) is 10.9. The van der Waals surface area contributed by atoms with Crippen LogP contribution in [0.1, 0.15) is 25.0 Å². The van der Waals surface area contributed by atoms with E-state index in [2.05, 4.69) is 29.0 Å². The van der Waals surface area contributed by atoms with Crippen LogP contribution in [0, 0.1) is 6.92 Å². The third kappa shape index (κ3) is 4.83. The molecule has 0 aliphatic carbocycles. The highest BCUT2D eigenvalue weighted by Crippen LogP contribution is 2.32. The Morgan fingerprint density at radius 1 is 1.11 bits per heavy atom. The standard InChI is InChI=1S/C21H24ClN3O.ClH/c1-4-25(5-2)13-15-10-17(7-9-20(15)26)24-21-14(3)12-23-19-11-16(22)6-8-18(19)21;/h6-12,26H,4-5,13H2,1-3H3,(H,23,24);1H. The third-order valence-electron chi connectivity index (χ3n) is 4.66. The number of phenols is 1. The molecule has 0 spiro atoms. The van der Waals surface area contributed by atoms with Gasteiger partial charge in [0.2, 0.25) is 0 Å². The maximum absolute atomic E-state index is 10.2. The van der Waals surface area contributed by atoms with Gasteiger partial charge in [0.25, 0.3) is 0 Å². The first-order valence-electron chi connectivity index (χ1n) is 8.88. The van der Waals surface area contributed by atoms with Crippen LogP contribution in [0.15, 0.2) is 42.6 Å². The van der Waals surface area contributed by atoms with Gasteiger partial charge in [-0.2, -0.15) is 0 Å². The van der Waals surface area contributed by atoms with Gasteiger partial charge in [0.1, 0.15) is 5.75 Å². The van der Waals surface area contributed by atoms with E-state index in [-0.39, 0.29) is 12.4 Å². The van der Waals surface area contributed by atoms with Crippen LogP contribution in [0.5, 0.6) is 5.75 Å². The van der Waals surface area contributed by atoms with Gasteiger partial charge in [-0.1, -0.05) is 25.4 Å². The molecule has 0 bridgehead atoms. The molecule has 0 aliphatic heterocycles. The second kappa shape index (κ2) is 9.27. The molecule has 2 aromatic carbocycles. The highest BCUT2D eigenvalue weighted by molar-refractivity contribution is 6.31. The summed E-state index contributed by atoms with van der Waals surface area (Å²) in [4.78, 5) is 6.74. The number of aromatic hydroxyl groups is 1. The van der Waals surface area contributed by atoms with Gasteiger partial charge in [0.15, 0.2) is 0 Å². The van der Waals surface area contributed by atoms with Crippen molar-refractivity contribution in [1.82, 2.24) is 9.88 Å². The Kier molecular flexibility index (Phi) is 7.31. The summed E-state index contributed by atoms with van der Waals surface area (Å²) in [6.07, 6.45) is 1.85. The lowest BCUT2D eigenvalue weighted by Crippen LogP contribution is -2.22. The zero-order valence-electron chi connectivity index (χ0n) is 15.8. The number of fused-ring (bicyclic) bond motifs is 1. The van der Waals surface area contributed by atoms with Gasteiger partial charge >= 0.3 is 0 Å². The largest absolute Gasteiger partial charge is 0.508 e. The predicted molar refractivity (Wildman–Crippen MR) is 117 cm³/mol. The Bertz CT molecular complexity index is 927. The Hall–Kier alpha value is -2.01. The second-order valence-corrected chi connectivity index (χ2v) is 6.84. The monoisotopic (exact) mass is 405 g/mol. The molecule has 0 atom stereocenters. The summed E-state index contributed by atoms with van der Waals surface area (Å²) in [5.41, 5.74) is 4.77. The van der Waals surface area contributed by atoms with Crippen LogP contribution >= 0.6 is 24.0 Å². The smallest absolute Gasteiger partial charge is 0.120 e. The molecule has 0 aliphatic rings. The number of hydrogen-bond acceptors (Lipinski definition) is 4. The Balaban J connectivity index is 0.00000261. The molecule has 144 valence electrons. The molecule has 3 aromatic rings. The summed E-state index contributed by atoms with van der Waals surface area (Å²) in [6, 6.07) is 11.4. The molecule has 0 saturated carbocycles. The summed E-state index contributed by atoms with van der Waals surface area (Å²) in [5, 5.41) is 15.4. The fourth-order valence-electron chi connectivity index (χ4n) is 3.05. The molecule has 0 fully saturated rings. The number of aromatic nitrogens is 1. The molecule has 27 heavy (non-hydrogen) atoms. The molecule has 0 unspecified atom stereocenters. The molecule has 6 heteroatoms. The number of benzene rings is 2. The fraction of sp³-hybridized carbons (Fsp3) is 0.286. The van der Waals surface area contributed by atoms with Gasteiger partial charge < -0.3 is 10.4 Å². The number of hydrogen-bond donors (Lipinski definition) is 2. The maximum atomic E-state index is 10.2. The van der Waals surface area contributed by atoms with Crippen molar-refractivity contribution < 1.29 is 5.11 Å². The van der Waals surface area contributed by atoms with Gasteiger partial charge in [-0.05, 0) is 62.0 Å². The molecule has 3 rings (SSSR count). The number of nitrogens with one attached hydrogen (secondary N) is 1. The first kappa shape index (κ1) is 21.3. The first-order chi connectivity index (χ1) is 12.5. The summed E-state index contributed by atoms with van der Waals surface area (Å²) in [5.74, 6) is 0.325. The number of aryl methyl sites for hydroxylation is 1. The molecule has 1 heterocycles. The van der Waals surface area contributed by atoms with Crippen LogP contribution in [-0.2, 0) is 6.54 Å². The van der Waals surface area contributed by atoms with Crippen molar-refractivity contribution in [2.75, 3.05) is 18.4 Å². The quantitative estimate of drug-likeness (QED) is 0.500. The molecule has 4 nitrogen and oxygen atoms in total. The number of nitrogens with zero attached hydrogens (tertiary/aromatic N) is 2. The van der Waals surface area contributed by atoms with Crippen LogP contribution in [0.4, 0.5) is 11.4 Å². The minimum atomic E-state index is 0. The second-order valence-electron chi connectivity index (χ2n) is 6.41. The van der Waals surface area contributed by atoms with Crippen LogP contribution in [0.2, 0.25) is 5.02 Å². The first-order valence-corrected chi connectivity index (χ1v) is 9.25. The topological polar surface area (TPSA) is 48.4 Å². The number of pyridine rings is 1. The number of phenolic OH excluding ortho intramolecular Hbond substituents is 1. The lowest BCUT2D eigenvalue weighted by atomic mass is 10.1. The van der Waals surface area contributed by atoms with Crippen molar-refractivity contribution in [2.24, 2.45) is 0 Å². The van der Waals surface area contributed by atoms with E-state index in [1.807, 2.05) is 43.5 Å². The summed E-state index contributed by atoms with van der Waals surface area (Å²) >= 11 is 6.09. The SMILES string of the molecule is CCN(CC)Cc1cc(Nc2c(C)cnc3cc(Cl)ccc23)ccc1O.Cl. The average molecular weight is 406 g/mol. The number of halogens is 2. The molecular formula is C21H25Cl2N3O. The molecular weight excluding hydrogens is 381 g/mol. The summed E-state index contributed by atoms with van der Waals surface area (Å²) in [7, 11) is 0. The van der Waals surface area contributed by atoms with Crippen LogP contribution in [-0.4, -0.2) is 28.1 Å². The fourth-order valence-corrected chi connectivity index (χ4v) is 3.22. The van der Waals surface area contributed by atoms with Gasteiger partial charge in [0.05, 0.1) is 11.2 Å². The van der Waals surface area contributed by atoms with Crippen LogP contribution in [0.25, 0.3) is 10.9 Å². The van der Waals surface area contributed by atoms with Crippen LogP contribution < -0.4 is 5.32 Å². The van der Waals surface area contributed by atoms with Gasteiger partial charge in [-0.3, -0.25) is 9.88 Å². The lowest BCUT2D eigenvalue weighted by molar-refractivity contribution is 0.291. The highest BCUT2D eigenvalue weighted by atomic mass is 35.5. The minimum Gasteiger partial charge on any atom is -0.508 e. The maximum Gasteiger partial charge on any atom is 0.120 e. The van der Waals surface area contributed by atoms with Gasteiger partial charge in [0, 0.05) is 34.4 Å². The molecule has 0 amide bonds. The summed E-state index contributed by atoms with van der Waals surface area (Å²) in [6.45, 7) is 8.89. The van der Waals surface area contributed by atoms with Gasteiger partial charge in [-0.25, -0.2) is 0 Å². The third-order valence-corrected chi connectivity index (χ3v) is 4.89. The van der Waals surface area contributed by atoms with E-state index in [1.165, 1.54) is 0 Å². The summed E-state index contributed by atoms with van der Waals surface area (Å²) < 4.78 is 0. The molecule has 2 N–H and O–H groups in total. The van der Waals surface area contributed by atoms with E-state index in [1.54, 1.807) is 6.07 Å². The Morgan fingerprint density at radius 2 is 1.85 bits per heavy atom. The zero-order valence-corrected chi connectivity index (χ0v) is 17.4. The number of rotatable bonds is 6. The molecule has 0 radical (unpaired) electrons. The number of anilines is 2. The molecule has 1 aromatic heterocycles. The van der Waals surface area contributed by atoms with E-state index < -0.39 is 0 Å². The van der Waals surface area contributed by atoms with Crippen molar-refractivity contribution in [3.63, 3.8) is 0 Å². The van der Waals surface area contributed by atoms with Crippen molar-refractivity contribution >= 4 is 46.3 Å². The minimum absolute atomic E-state index is 0. The van der Waals surface area contributed by atoms with Gasteiger partial charge in [-0.15, -0.1) is 12.4 Å². The van der Waals surface area contributed by atoms with Crippen LogP contribution in [0.3, 0.4) is 0 Å². The van der Waals surface area contributed by atoms with E-state index in [0.717, 1.165) is 53.0 Å². The van der Waals surface area contributed by atoms with E-state index in [9.17, 15) is 5.11 Å².